The van der Waals surface area contributed by atoms with E-state index in [0.29, 0.717) is 6.54 Å². The first-order chi connectivity index (χ1) is 10.2. The summed E-state index contributed by atoms with van der Waals surface area (Å²) in [5, 5.41) is 22.5. The zero-order valence-corrected chi connectivity index (χ0v) is 12.2. The van der Waals surface area contributed by atoms with Crippen molar-refractivity contribution < 1.29 is 19.3 Å². The lowest BCUT2D eigenvalue weighted by molar-refractivity contribution is 0.0890. The van der Waals surface area contributed by atoms with Gasteiger partial charge in [-0.2, -0.15) is 0 Å². The Hall–Kier alpha value is -1.17. The molecule has 1 fully saturated rings. The lowest BCUT2D eigenvalue weighted by Gasteiger charge is -2.31. The van der Waals surface area contributed by atoms with Crippen LogP contribution in [0, 0.1) is 11.7 Å². The summed E-state index contributed by atoms with van der Waals surface area (Å²) in [6, 6.07) is 6.40. The Morgan fingerprint density at radius 3 is 2.81 bits per heavy atom. The van der Waals surface area contributed by atoms with E-state index in [9.17, 15) is 14.6 Å². The third-order valence-electron chi connectivity index (χ3n) is 4.03. The molecule has 5 heteroatoms. The molecule has 4 nitrogen and oxygen atoms in total. The predicted molar refractivity (Wildman–Crippen MR) is 78.7 cm³/mol. The lowest BCUT2D eigenvalue weighted by Crippen LogP contribution is -2.44. The van der Waals surface area contributed by atoms with E-state index in [-0.39, 0.29) is 30.9 Å². The van der Waals surface area contributed by atoms with Crippen molar-refractivity contribution in [2.24, 2.45) is 5.92 Å². The molecule has 1 aromatic carbocycles. The molecule has 1 aliphatic rings. The van der Waals surface area contributed by atoms with E-state index in [1.165, 1.54) is 6.07 Å². The monoisotopic (exact) mass is 297 g/mol. The highest BCUT2D eigenvalue weighted by Gasteiger charge is 2.24. The summed E-state index contributed by atoms with van der Waals surface area (Å²) in [7, 11) is 0. The lowest BCUT2D eigenvalue weighted by atomic mass is 9.85. The smallest absolute Gasteiger partial charge is 0.165 e. The third-order valence-corrected chi connectivity index (χ3v) is 4.03. The van der Waals surface area contributed by atoms with Crippen LogP contribution in [0.1, 0.15) is 25.7 Å². The van der Waals surface area contributed by atoms with Crippen molar-refractivity contribution in [1.29, 1.82) is 0 Å². The van der Waals surface area contributed by atoms with Crippen molar-refractivity contribution in [2.45, 2.75) is 37.8 Å². The molecule has 0 amide bonds. The summed E-state index contributed by atoms with van der Waals surface area (Å²) in [4.78, 5) is 0. The minimum Gasteiger partial charge on any atom is -0.488 e. The Morgan fingerprint density at radius 2 is 2.05 bits per heavy atom. The largest absolute Gasteiger partial charge is 0.488 e. The molecule has 21 heavy (non-hydrogen) atoms. The number of nitrogens with one attached hydrogen (secondary N) is 1. The molecule has 1 saturated carbocycles. The molecule has 3 N–H and O–H groups in total. The van der Waals surface area contributed by atoms with Gasteiger partial charge >= 0.3 is 0 Å². The summed E-state index contributed by atoms with van der Waals surface area (Å²) < 4.78 is 18.6. The Balaban J connectivity index is 1.72. The highest BCUT2D eigenvalue weighted by Crippen LogP contribution is 2.23. The SMILES string of the molecule is OCC1CCCCC1NCC(O)COc1ccccc1F. The molecule has 0 radical (unpaired) electrons. The van der Waals surface area contributed by atoms with Crippen molar-refractivity contribution in [3.63, 3.8) is 0 Å². The van der Waals surface area contributed by atoms with Crippen molar-refractivity contribution in [2.75, 3.05) is 19.8 Å². The molecule has 118 valence electrons. The van der Waals surface area contributed by atoms with Gasteiger partial charge < -0.3 is 20.3 Å². The standard InChI is InChI=1S/C16H24FNO3/c17-14-6-2-4-8-16(14)21-11-13(20)9-18-15-7-3-1-5-12(15)10-19/h2,4,6,8,12-13,15,18-20H,1,3,5,7,9-11H2. The van der Waals surface area contributed by atoms with Gasteiger partial charge in [0, 0.05) is 19.2 Å². The molecular formula is C16H24FNO3. The van der Waals surface area contributed by atoms with Gasteiger partial charge in [-0.15, -0.1) is 0 Å². The number of rotatable bonds is 7. The normalized spacial score (nSPS) is 23.8. The number of benzene rings is 1. The van der Waals surface area contributed by atoms with Gasteiger partial charge in [-0.05, 0) is 30.9 Å². The molecule has 0 heterocycles. The van der Waals surface area contributed by atoms with E-state index in [4.69, 9.17) is 4.74 Å². The topological polar surface area (TPSA) is 61.7 Å². The van der Waals surface area contributed by atoms with Gasteiger partial charge in [-0.1, -0.05) is 25.0 Å². The van der Waals surface area contributed by atoms with Gasteiger partial charge in [-0.25, -0.2) is 4.39 Å². The fourth-order valence-corrected chi connectivity index (χ4v) is 2.79. The van der Waals surface area contributed by atoms with Gasteiger partial charge in [-0.3, -0.25) is 0 Å². The molecule has 2 rings (SSSR count). The average Bonchev–Trinajstić information content (AvgIpc) is 2.52. The summed E-state index contributed by atoms with van der Waals surface area (Å²) in [5.74, 6) is -0.00817. The second kappa shape index (κ2) is 8.32. The number of ether oxygens (including phenoxy) is 1. The predicted octanol–water partition coefficient (Wildman–Crippen LogP) is 1.71. The van der Waals surface area contributed by atoms with E-state index >= 15 is 0 Å². The van der Waals surface area contributed by atoms with Crippen molar-refractivity contribution in [1.82, 2.24) is 5.32 Å². The fraction of sp³-hybridized carbons (Fsp3) is 0.625. The van der Waals surface area contributed by atoms with Gasteiger partial charge in [0.2, 0.25) is 0 Å². The molecule has 0 spiro atoms. The Morgan fingerprint density at radius 1 is 1.29 bits per heavy atom. The fourth-order valence-electron chi connectivity index (χ4n) is 2.79. The van der Waals surface area contributed by atoms with Crippen molar-refractivity contribution >= 4 is 0 Å². The molecule has 0 saturated heterocycles. The van der Waals surface area contributed by atoms with E-state index in [0.717, 1.165) is 25.7 Å². The third kappa shape index (κ3) is 4.95. The Labute approximate surface area is 124 Å². The van der Waals surface area contributed by atoms with Crippen LogP contribution in [0.3, 0.4) is 0 Å². The van der Waals surface area contributed by atoms with E-state index in [2.05, 4.69) is 5.32 Å². The number of para-hydroxylation sites is 1. The van der Waals surface area contributed by atoms with Gasteiger partial charge in [0.05, 0.1) is 0 Å². The van der Waals surface area contributed by atoms with Gasteiger partial charge in [0.25, 0.3) is 0 Å². The number of aliphatic hydroxyl groups excluding tert-OH is 2. The van der Waals surface area contributed by atoms with Crippen LogP contribution in [0.25, 0.3) is 0 Å². The second-order valence-corrected chi connectivity index (χ2v) is 5.64. The molecule has 3 atom stereocenters. The van der Waals surface area contributed by atoms with Gasteiger partial charge in [0.1, 0.15) is 12.7 Å². The van der Waals surface area contributed by atoms with E-state index < -0.39 is 11.9 Å². The maximum absolute atomic E-state index is 13.4. The molecule has 0 aromatic heterocycles. The van der Waals surface area contributed by atoms with Crippen molar-refractivity contribution in [3.8, 4) is 5.75 Å². The minimum absolute atomic E-state index is 0.0461. The molecule has 0 aliphatic heterocycles. The zero-order chi connectivity index (χ0) is 15.1. The summed E-state index contributed by atoms with van der Waals surface area (Å²) in [6.45, 7) is 0.611. The van der Waals surface area contributed by atoms with Crippen LogP contribution in [0.4, 0.5) is 4.39 Å². The molecule has 1 aromatic rings. The highest BCUT2D eigenvalue weighted by atomic mass is 19.1. The first-order valence-corrected chi connectivity index (χ1v) is 7.60. The summed E-state index contributed by atoms with van der Waals surface area (Å²) in [6.07, 6.45) is 3.64. The first kappa shape index (κ1) is 16.2. The first-order valence-electron chi connectivity index (χ1n) is 7.60. The number of hydrogen-bond acceptors (Lipinski definition) is 4. The van der Waals surface area contributed by atoms with E-state index in [1.54, 1.807) is 18.2 Å². The average molecular weight is 297 g/mol. The molecule has 0 bridgehead atoms. The molecular weight excluding hydrogens is 273 g/mol. The Kier molecular flexibility index (Phi) is 6.42. The maximum atomic E-state index is 13.4. The second-order valence-electron chi connectivity index (χ2n) is 5.64. The maximum Gasteiger partial charge on any atom is 0.165 e. The van der Waals surface area contributed by atoms with Gasteiger partial charge in [0.15, 0.2) is 11.6 Å². The van der Waals surface area contributed by atoms with Crippen LogP contribution in [0.2, 0.25) is 0 Å². The van der Waals surface area contributed by atoms with Crippen LogP contribution in [0.15, 0.2) is 24.3 Å². The summed E-state index contributed by atoms with van der Waals surface area (Å²) >= 11 is 0. The van der Waals surface area contributed by atoms with E-state index in [1.807, 2.05) is 0 Å². The van der Waals surface area contributed by atoms with Crippen LogP contribution in [-0.2, 0) is 0 Å². The van der Waals surface area contributed by atoms with Crippen LogP contribution >= 0.6 is 0 Å². The van der Waals surface area contributed by atoms with Crippen LogP contribution in [0.5, 0.6) is 5.75 Å². The highest BCUT2D eigenvalue weighted by molar-refractivity contribution is 5.23. The molecule has 3 unspecified atom stereocenters. The number of hydrogen-bond donors (Lipinski definition) is 3. The number of aliphatic hydroxyl groups is 2. The summed E-state index contributed by atoms with van der Waals surface area (Å²) in [5.41, 5.74) is 0. The van der Waals surface area contributed by atoms with Crippen LogP contribution < -0.4 is 10.1 Å². The number of halogens is 1. The van der Waals surface area contributed by atoms with Crippen molar-refractivity contribution in [3.05, 3.63) is 30.1 Å². The minimum atomic E-state index is -0.703. The zero-order valence-electron chi connectivity index (χ0n) is 12.2. The molecule has 1 aliphatic carbocycles. The Bertz CT molecular complexity index is 430. The van der Waals surface area contributed by atoms with Crippen LogP contribution in [-0.4, -0.2) is 42.1 Å². The quantitative estimate of drug-likeness (QED) is 0.717.